The van der Waals surface area contributed by atoms with Crippen LogP contribution in [-0.4, -0.2) is 78.0 Å². The molecule has 1 aliphatic heterocycles. The molecule has 212 valence electrons. The van der Waals surface area contributed by atoms with Crippen molar-refractivity contribution in [1.29, 1.82) is 0 Å². The first kappa shape index (κ1) is 31.8. The molecule has 0 unspecified atom stereocenters. The molecule has 8 amide bonds. The molecule has 16 heteroatoms. The summed E-state index contributed by atoms with van der Waals surface area (Å²) >= 11 is 0. The van der Waals surface area contributed by atoms with Gasteiger partial charge in [0.15, 0.2) is 0 Å². The van der Waals surface area contributed by atoms with Crippen LogP contribution in [0.1, 0.15) is 52.4 Å². The molecule has 0 spiro atoms. The van der Waals surface area contributed by atoms with Gasteiger partial charge in [-0.05, 0) is 12.3 Å². The number of rotatable bonds is 8. The van der Waals surface area contributed by atoms with Crippen LogP contribution in [-0.2, 0) is 38.4 Å². The van der Waals surface area contributed by atoms with Crippen LogP contribution in [0.25, 0.3) is 0 Å². The minimum atomic E-state index is -1.64. The fourth-order valence-electron chi connectivity index (χ4n) is 3.57. The first-order chi connectivity index (χ1) is 17.7. The van der Waals surface area contributed by atoms with Crippen molar-refractivity contribution >= 4 is 47.3 Å². The Hall–Kier alpha value is -4.24. The third kappa shape index (κ3) is 10.8. The highest BCUT2D eigenvalue weighted by Crippen LogP contribution is 2.10. The predicted octanol–water partition coefficient (Wildman–Crippen LogP) is -4.49. The molecule has 1 rings (SSSR count). The van der Waals surface area contributed by atoms with Crippen LogP contribution in [0, 0.1) is 5.92 Å². The molecule has 38 heavy (non-hydrogen) atoms. The molecule has 0 aromatic heterocycles. The lowest BCUT2D eigenvalue weighted by Gasteiger charge is -2.27. The van der Waals surface area contributed by atoms with E-state index in [-0.39, 0.29) is 25.3 Å². The zero-order chi connectivity index (χ0) is 29.0. The third-order valence-corrected chi connectivity index (χ3v) is 5.81. The summed E-state index contributed by atoms with van der Waals surface area (Å²) in [7, 11) is 0. The molecular formula is C22H36N8O8. The largest absolute Gasteiger partial charge is 0.370 e. The van der Waals surface area contributed by atoms with Crippen LogP contribution in [0.4, 0.5) is 0 Å². The van der Waals surface area contributed by atoms with E-state index in [1.807, 2.05) is 0 Å². The van der Waals surface area contributed by atoms with E-state index < -0.39 is 90.7 Å². The molecule has 11 N–H and O–H groups in total. The number of hydrogen-bond acceptors (Lipinski definition) is 8. The second-order valence-electron chi connectivity index (χ2n) is 9.02. The Morgan fingerprint density at radius 3 is 1.58 bits per heavy atom. The summed E-state index contributed by atoms with van der Waals surface area (Å²) in [5.74, 6) is -7.46. The fourth-order valence-corrected chi connectivity index (χ4v) is 3.57. The lowest BCUT2D eigenvalue weighted by Crippen LogP contribution is -2.60. The van der Waals surface area contributed by atoms with Crippen molar-refractivity contribution < 1.29 is 38.4 Å². The maximum absolute atomic E-state index is 13.0. The molecule has 0 aromatic rings. The van der Waals surface area contributed by atoms with Crippen molar-refractivity contribution in [3.05, 3.63) is 0 Å². The molecule has 0 aliphatic carbocycles. The zero-order valence-electron chi connectivity index (χ0n) is 21.3. The van der Waals surface area contributed by atoms with E-state index in [4.69, 9.17) is 17.2 Å². The van der Waals surface area contributed by atoms with E-state index in [0.29, 0.717) is 6.42 Å². The van der Waals surface area contributed by atoms with Gasteiger partial charge in [-0.2, -0.15) is 0 Å². The zero-order valence-corrected chi connectivity index (χ0v) is 21.3. The Balaban J connectivity index is 3.42. The minimum absolute atomic E-state index is 0.0142. The van der Waals surface area contributed by atoms with Gasteiger partial charge in [-0.1, -0.05) is 20.3 Å². The van der Waals surface area contributed by atoms with Gasteiger partial charge in [0, 0.05) is 13.0 Å². The van der Waals surface area contributed by atoms with E-state index in [1.165, 1.54) is 0 Å². The molecule has 0 bridgehead atoms. The summed E-state index contributed by atoms with van der Waals surface area (Å²) in [6.45, 7) is 3.47. The summed E-state index contributed by atoms with van der Waals surface area (Å²) in [5.41, 5.74) is 15.6. The SMILES string of the molecule is CC[C@H](C)[C@@H]1NC(=O)CCCNC(=O)[C@H](CC(N)=O)NC(=O)[C@H](CC(N)=O)NC(=O)[C@H](CC(N)=O)NC1=O. The van der Waals surface area contributed by atoms with Crippen molar-refractivity contribution in [2.24, 2.45) is 23.1 Å². The minimum Gasteiger partial charge on any atom is -0.370 e. The van der Waals surface area contributed by atoms with Crippen molar-refractivity contribution in [1.82, 2.24) is 26.6 Å². The molecule has 16 nitrogen and oxygen atoms in total. The van der Waals surface area contributed by atoms with Crippen molar-refractivity contribution in [2.75, 3.05) is 6.54 Å². The third-order valence-electron chi connectivity index (χ3n) is 5.81. The van der Waals surface area contributed by atoms with Crippen LogP contribution in [0.3, 0.4) is 0 Å². The number of nitrogens with one attached hydrogen (secondary N) is 5. The molecule has 0 saturated carbocycles. The number of carbonyl (C=O) groups excluding carboxylic acids is 8. The van der Waals surface area contributed by atoms with Gasteiger partial charge in [-0.3, -0.25) is 38.4 Å². The average Bonchev–Trinajstić information content (AvgIpc) is 2.81. The van der Waals surface area contributed by atoms with E-state index in [1.54, 1.807) is 13.8 Å². The standard InChI is InChI=1S/C22H36N8O8/c1-3-10(2)18-22(38)29-13(9-16(25)33)21(37)28-12(8-15(24)32)20(36)27-11(7-14(23)31)19(35)26-6-4-5-17(34)30-18/h10-13,18H,3-9H2,1-2H3,(H2,23,31)(H2,24,32)(H2,25,33)(H,26,35)(H,27,36)(H,28,37)(H,29,38)(H,30,34)/t10-,11-,12-,13-,18-/m0/s1. The highest BCUT2D eigenvalue weighted by molar-refractivity contribution is 5.99. The highest BCUT2D eigenvalue weighted by atomic mass is 16.2. The Morgan fingerprint density at radius 1 is 0.737 bits per heavy atom. The summed E-state index contributed by atoms with van der Waals surface area (Å²) in [4.78, 5) is 98.7. The topological polar surface area (TPSA) is 275 Å². The maximum atomic E-state index is 13.0. The molecule has 0 aromatic carbocycles. The molecule has 1 aliphatic rings. The Bertz CT molecular complexity index is 956. The van der Waals surface area contributed by atoms with Crippen LogP contribution in [0.2, 0.25) is 0 Å². The molecule has 0 radical (unpaired) electrons. The fraction of sp³-hybridized carbons (Fsp3) is 0.636. The first-order valence-electron chi connectivity index (χ1n) is 12.1. The lowest BCUT2D eigenvalue weighted by atomic mass is 9.97. The van der Waals surface area contributed by atoms with Gasteiger partial charge in [0.25, 0.3) is 0 Å². The Morgan fingerprint density at radius 2 is 1.16 bits per heavy atom. The predicted molar refractivity (Wildman–Crippen MR) is 131 cm³/mol. The number of carbonyl (C=O) groups is 8. The van der Waals surface area contributed by atoms with Crippen molar-refractivity contribution in [3.8, 4) is 0 Å². The van der Waals surface area contributed by atoms with Gasteiger partial charge in [0.1, 0.15) is 24.2 Å². The Labute approximate surface area is 218 Å². The summed E-state index contributed by atoms with van der Waals surface area (Å²) in [6, 6.07) is -5.76. The summed E-state index contributed by atoms with van der Waals surface area (Å²) in [5, 5.41) is 11.9. The molecular weight excluding hydrogens is 504 g/mol. The number of nitrogens with two attached hydrogens (primary N) is 3. The second kappa shape index (κ2) is 15.1. The lowest BCUT2D eigenvalue weighted by molar-refractivity contribution is -0.137. The van der Waals surface area contributed by atoms with E-state index in [0.717, 1.165) is 0 Å². The van der Waals surface area contributed by atoms with Crippen molar-refractivity contribution in [2.45, 2.75) is 76.5 Å². The van der Waals surface area contributed by atoms with Gasteiger partial charge in [0.2, 0.25) is 47.3 Å². The number of hydrogen-bond donors (Lipinski definition) is 8. The van der Waals surface area contributed by atoms with Crippen molar-refractivity contribution in [3.63, 3.8) is 0 Å². The van der Waals surface area contributed by atoms with E-state index in [9.17, 15) is 38.4 Å². The van der Waals surface area contributed by atoms with Gasteiger partial charge in [-0.25, -0.2) is 0 Å². The highest BCUT2D eigenvalue weighted by Gasteiger charge is 2.34. The summed E-state index contributed by atoms with van der Waals surface area (Å²) in [6.07, 6.45) is -1.45. The van der Waals surface area contributed by atoms with E-state index in [2.05, 4.69) is 26.6 Å². The number of amides is 8. The summed E-state index contributed by atoms with van der Waals surface area (Å²) < 4.78 is 0. The van der Waals surface area contributed by atoms with Crippen LogP contribution in [0.5, 0.6) is 0 Å². The smallest absolute Gasteiger partial charge is 0.243 e. The van der Waals surface area contributed by atoms with Crippen LogP contribution in [0.15, 0.2) is 0 Å². The molecule has 1 heterocycles. The molecule has 1 fully saturated rings. The second-order valence-corrected chi connectivity index (χ2v) is 9.02. The first-order valence-corrected chi connectivity index (χ1v) is 12.1. The van der Waals surface area contributed by atoms with E-state index >= 15 is 0 Å². The van der Waals surface area contributed by atoms with Gasteiger partial charge >= 0.3 is 0 Å². The Kier molecular flexibility index (Phi) is 12.6. The van der Waals surface area contributed by atoms with Gasteiger partial charge in [0.05, 0.1) is 19.3 Å². The van der Waals surface area contributed by atoms with Crippen LogP contribution >= 0.6 is 0 Å². The van der Waals surface area contributed by atoms with Crippen LogP contribution < -0.4 is 43.8 Å². The quantitative estimate of drug-likeness (QED) is 0.148. The monoisotopic (exact) mass is 540 g/mol. The molecule has 5 atom stereocenters. The maximum Gasteiger partial charge on any atom is 0.243 e. The number of primary amides is 3. The van der Waals surface area contributed by atoms with Gasteiger partial charge < -0.3 is 43.8 Å². The van der Waals surface area contributed by atoms with Gasteiger partial charge in [-0.15, -0.1) is 0 Å². The average molecular weight is 541 g/mol. The normalized spacial score (nSPS) is 24.9. The molecule has 1 saturated heterocycles.